The Morgan fingerprint density at radius 3 is 2.55 bits per heavy atom. The molecular formula is C26H24BrF3N6O2. The van der Waals surface area contributed by atoms with Crippen molar-refractivity contribution in [2.24, 2.45) is 0 Å². The van der Waals surface area contributed by atoms with E-state index in [1.807, 2.05) is 24.3 Å². The molecule has 0 atom stereocenters. The molecule has 5 rings (SSSR count). The third-order valence-corrected chi connectivity index (χ3v) is 6.61. The third kappa shape index (κ3) is 6.69. The zero-order chi connectivity index (χ0) is 27.3. The molecule has 0 amide bonds. The molecule has 12 heteroatoms. The molecule has 4 aromatic rings. The van der Waals surface area contributed by atoms with Gasteiger partial charge in [0.15, 0.2) is 0 Å². The number of H-pyrrole nitrogens is 1. The number of carboxylic acid groups (broad SMARTS) is 1. The van der Waals surface area contributed by atoms with Crippen LogP contribution in [0.3, 0.4) is 0 Å². The predicted octanol–water partition coefficient (Wildman–Crippen LogP) is 5.65. The van der Waals surface area contributed by atoms with Crippen LogP contribution in [0.1, 0.15) is 23.2 Å². The second kappa shape index (κ2) is 11.7. The molecule has 0 spiro atoms. The van der Waals surface area contributed by atoms with Gasteiger partial charge >= 0.3 is 12.1 Å². The smallest absolute Gasteiger partial charge is 0.475 e. The normalized spacial score (nSPS) is 13.4. The van der Waals surface area contributed by atoms with Gasteiger partial charge < -0.3 is 26.5 Å². The summed E-state index contributed by atoms with van der Waals surface area (Å²) < 4.78 is 32.5. The van der Waals surface area contributed by atoms with Gasteiger partial charge in [-0.25, -0.2) is 9.78 Å². The first-order chi connectivity index (χ1) is 18.1. The molecule has 38 heavy (non-hydrogen) atoms. The first kappa shape index (κ1) is 27.1. The third-order valence-electron chi connectivity index (χ3n) is 5.75. The number of halogens is 4. The average molecular weight is 589 g/mol. The van der Waals surface area contributed by atoms with Crippen molar-refractivity contribution in [1.82, 2.24) is 20.3 Å². The molecule has 0 fully saturated rings. The van der Waals surface area contributed by atoms with Crippen LogP contribution >= 0.6 is 15.9 Å². The number of benzene rings is 2. The van der Waals surface area contributed by atoms with Crippen LogP contribution in [0, 0.1) is 0 Å². The first-order valence-corrected chi connectivity index (χ1v) is 12.4. The molecule has 8 nitrogen and oxygen atoms in total. The van der Waals surface area contributed by atoms with Crippen LogP contribution in [0.25, 0.3) is 16.5 Å². The van der Waals surface area contributed by atoms with Crippen molar-refractivity contribution in [3.8, 4) is 0 Å². The number of fused-ring (bicyclic) bond motifs is 1. The van der Waals surface area contributed by atoms with Crippen LogP contribution in [0.4, 0.5) is 30.6 Å². The fraction of sp³-hybridized carbons (Fsp3) is 0.192. The number of aromatic nitrogens is 3. The molecule has 2 aromatic heterocycles. The summed E-state index contributed by atoms with van der Waals surface area (Å²) in [6.07, 6.45) is 0.976. The molecule has 3 heterocycles. The van der Waals surface area contributed by atoms with Crippen LogP contribution in [0.15, 0.2) is 65.3 Å². The maximum atomic E-state index is 10.6. The van der Waals surface area contributed by atoms with Gasteiger partial charge in [0.25, 0.3) is 0 Å². The molecule has 198 valence electrons. The van der Waals surface area contributed by atoms with Gasteiger partial charge in [0, 0.05) is 41.3 Å². The Labute approximate surface area is 224 Å². The second-order valence-corrected chi connectivity index (χ2v) is 9.22. The number of nitrogens with zero attached hydrogens (tertiary/aromatic N) is 2. The highest BCUT2D eigenvalue weighted by atomic mass is 79.9. The SMILES string of the molecule is Nc1nc(Nc2ccc3[nH]cc(C4=CCNCC4)c3c2)nc(Cc2ccccc2)c1Br.O=C(O)C(F)(F)F. The minimum atomic E-state index is -5.08. The molecular weight excluding hydrogens is 565 g/mol. The summed E-state index contributed by atoms with van der Waals surface area (Å²) >= 11 is 3.54. The lowest BCUT2D eigenvalue weighted by molar-refractivity contribution is -0.192. The quantitative estimate of drug-likeness (QED) is 0.204. The van der Waals surface area contributed by atoms with Gasteiger partial charge in [-0.3, -0.25) is 0 Å². The van der Waals surface area contributed by atoms with E-state index in [2.05, 4.69) is 73.1 Å². The molecule has 0 radical (unpaired) electrons. The van der Waals surface area contributed by atoms with Crippen LogP contribution < -0.4 is 16.4 Å². The van der Waals surface area contributed by atoms with Crippen LogP contribution in [-0.2, 0) is 11.2 Å². The number of alkyl halides is 3. The van der Waals surface area contributed by atoms with Gasteiger partial charge in [-0.1, -0.05) is 36.4 Å². The molecule has 0 unspecified atom stereocenters. The standard InChI is InChI=1S/C24H23BrN6.C2HF3O2/c25-22-21(12-15-4-2-1-3-5-15)30-24(31-23(22)26)29-17-6-7-20-18(13-17)19(14-28-20)16-8-10-27-11-9-16;3-2(4,5)1(6)7/h1-8,13-14,27-28H,9-12H2,(H3,26,29,30,31);(H,6,7). The van der Waals surface area contributed by atoms with Crippen molar-refractivity contribution in [3.05, 3.63) is 82.1 Å². The average Bonchev–Trinajstić information content (AvgIpc) is 3.31. The first-order valence-electron chi connectivity index (χ1n) is 11.6. The predicted molar refractivity (Wildman–Crippen MR) is 144 cm³/mol. The van der Waals surface area contributed by atoms with E-state index >= 15 is 0 Å². The van der Waals surface area contributed by atoms with E-state index in [0.717, 1.165) is 40.9 Å². The largest absolute Gasteiger partial charge is 0.490 e. The summed E-state index contributed by atoms with van der Waals surface area (Å²) in [5, 5.41) is 15.0. The minimum Gasteiger partial charge on any atom is -0.475 e. The maximum absolute atomic E-state index is 10.6. The van der Waals surface area contributed by atoms with E-state index in [9.17, 15) is 13.2 Å². The maximum Gasteiger partial charge on any atom is 0.490 e. The zero-order valence-electron chi connectivity index (χ0n) is 19.9. The number of nitrogens with one attached hydrogen (secondary N) is 3. The van der Waals surface area contributed by atoms with Gasteiger partial charge in [0.05, 0.1) is 10.2 Å². The number of hydrogen-bond acceptors (Lipinski definition) is 6. The summed E-state index contributed by atoms with van der Waals surface area (Å²) in [4.78, 5) is 21.4. The van der Waals surface area contributed by atoms with E-state index < -0.39 is 12.1 Å². The number of carboxylic acids is 1. The Kier molecular flexibility index (Phi) is 8.32. The van der Waals surface area contributed by atoms with E-state index in [-0.39, 0.29) is 0 Å². The molecule has 1 aliphatic rings. The Bertz CT molecular complexity index is 1470. The Balaban J connectivity index is 0.000000426. The molecule has 2 aromatic carbocycles. The topological polar surface area (TPSA) is 129 Å². The van der Waals surface area contributed by atoms with Gasteiger partial charge in [0.1, 0.15) is 5.82 Å². The molecule has 0 saturated heterocycles. The summed E-state index contributed by atoms with van der Waals surface area (Å²) in [7, 11) is 0. The lowest BCUT2D eigenvalue weighted by Gasteiger charge is -2.14. The summed E-state index contributed by atoms with van der Waals surface area (Å²) in [6, 6.07) is 16.5. The van der Waals surface area contributed by atoms with E-state index in [0.29, 0.717) is 18.2 Å². The van der Waals surface area contributed by atoms with Crippen molar-refractivity contribution < 1.29 is 23.1 Å². The number of nitrogen functional groups attached to an aromatic ring is 1. The van der Waals surface area contributed by atoms with Crippen molar-refractivity contribution in [3.63, 3.8) is 0 Å². The molecule has 0 aliphatic carbocycles. The van der Waals surface area contributed by atoms with Crippen LogP contribution in [0.5, 0.6) is 0 Å². The van der Waals surface area contributed by atoms with Crippen molar-refractivity contribution in [2.45, 2.75) is 19.0 Å². The number of hydrogen-bond donors (Lipinski definition) is 5. The second-order valence-electron chi connectivity index (χ2n) is 8.43. The molecule has 0 saturated carbocycles. The Morgan fingerprint density at radius 1 is 1.16 bits per heavy atom. The number of carbonyl (C=O) groups is 1. The lowest BCUT2D eigenvalue weighted by Crippen LogP contribution is -2.21. The number of aromatic amines is 1. The van der Waals surface area contributed by atoms with Crippen LogP contribution in [-0.4, -0.2) is 45.3 Å². The molecule has 1 aliphatic heterocycles. The highest BCUT2D eigenvalue weighted by Gasteiger charge is 2.38. The molecule has 0 bridgehead atoms. The van der Waals surface area contributed by atoms with Gasteiger partial charge in [-0.05, 0) is 58.2 Å². The van der Waals surface area contributed by atoms with Crippen molar-refractivity contribution >= 4 is 55.8 Å². The fourth-order valence-corrected chi connectivity index (χ4v) is 4.25. The highest BCUT2D eigenvalue weighted by Crippen LogP contribution is 2.31. The van der Waals surface area contributed by atoms with E-state index in [4.69, 9.17) is 20.6 Å². The van der Waals surface area contributed by atoms with E-state index in [1.165, 1.54) is 22.1 Å². The number of rotatable bonds is 5. The van der Waals surface area contributed by atoms with E-state index in [1.54, 1.807) is 0 Å². The Morgan fingerprint density at radius 2 is 1.89 bits per heavy atom. The highest BCUT2D eigenvalue weighted by molar-refractivity contribution is 9.10. The number of anilines is 3. The lowest BCUT2D eigenvalue weighted by atomic mass is 9.99. The number of nitrogens with two attached hydrogens (primary N) is 1. The van der Waals surface area contributed by atoms with Gasteiger partial charge in [0.2, 0.25) is 5.95 Å². The fourth-order valence-electron chi connectivity index (χ4n) is 3.94. The summed E-state index contributed by atoms with van der Waals surface area (Å²) in [6.45, 7) is 1.92. The summed E-state index contributed by atoms with van der Waals surface area (Å²) in [5.74, 6) is -1.84. The van der Waals surface area contributed by atoms with Crippen molar-refractivity contribution in [2.75, 3.05) is 24.1 Å². The summed E-state index contributed by atoms with van der Waals surface area (Å²) in [5.41, 5.74) is 12.8. The molecule has 6 N–H and O–H groups in total. The zero-order valence-corrected chi connectivity index (χ0v) is 21.5. The monoisotopic (exact) mass is 588 g/mol. The van der Waals surface area contributed by atoms with Gasteiger partial charge in [-0.2, -0.15) is 18.2 Å². The van der Waals surface area contributed by atoms with Crippen molar-refractivity contribution in [1.29, 1.82) is 0 Å². The Hall–Kier alpha value is -3.90. The van der Waals surface area contributed by atoms with Gasteiger partial charge in [-0.15, -0.1) is 0 Å². The van der Waals surface area contributed by atoms with Crippen LogP contribution in [0.2, 0.25) is 0 Å². The number of aliphatic carboxylic acids is 1. The minimum absolute atomic E-state index is 0.423.